The number of aromatic nitrogens is 3. The molecule has 0 saturated heterocycles. The molecule has 1 aromatic carbocycles. The van der Waals surface area contributed by atoms with Crippen LogP contribution in [0, 0.1) is 5.92 Å². The van der Waals surface area contributed by atoms with Crippen molar-refractivity contribution in [2.24, 2.45) is 5.92 Å². The molecule has 0 bridgehead atoms. The molecule has 0 aliphatic rings. The van der Waals surface area contributed by atoms with Crippen molar-refractivity contribution in [3.05, 3.63) is 63.5 Å². The van der Waals surface area contributed by atoms with E-state index in [2.05, 4.69) is 24.1 Å². The Hall–Kier alpha value is -2.42. The van der Waals surface area contributed by atoms with Crippen molar-refractivity contribution in [1.82, 2.24) is 19.9 Å². The highest BCUT2D eigenvalue weighted by Crippen LogP contribution is 2.30. The number of amides is 1. The second-order valence-corrected chi connectivity index (χ2v) is 10.2. The lowest BCUT2D eigenvalue weighted by atomic mass is 10.1. The molecular weight excluding hydrogens is 464 g/mol. The Bertz CT molecular complexity index is 1330. The van der Waals surface area contributed by atoms with Gasteiger partial charge in [0.25, 0.3) is 5.56 Å². The third-order valence-corrected chi connectivity index (χ3v) is 7.45. The number of nitrogens with zero attached hydrogens (tertiary/aromatic N) is 3. The molecule has 0 unspecified atom stereocenters. The summed E-state index contributed by atoms with van der Waals surface area (Å²) in [7, 11) is 0. The van der Waals surface area contributed by atoms with Gasteiger partial charge in [-0.25, -0.2) is 9.97 Å². The van der Waals surface area contributed by atoms with Crippen LogP contribution >= 0.6 is 34.7 Å². The lowest BCUT2D eigenvalue weighted by Crippen LogP contribution is -2.27. The molecule has 0 aliphatic carbocycles. The summed E-state index contributed by atoms with van der Waals surface area (Å²) in [6.45, 7) is 5.15. The van der Waals surface area contributed by atoms with Gasteiger partial charge >= 0.3 is 0 Å². The van der Waals surface area contributed by atoms with Crippen LogP contribution in [0.5, 0.6) is 0 Å². The zero-order valence-electron chi connectivity index (χ0n) is 17.8. The SMILES string of the molecule is CC(C)CCn1c(SCC(=O)NCc2ccccc2Cl)nc2c(sc3ncccc32)c1=O. The monoisotopic (exact) mass is 486 g/mol. The summed E-state index contributed by atoms with van der Waals surface area (Å²) in [4.78, 5) is 35.8. The first kappa shape index (κ1) is 22.8. The van der Waals surface area contributed by atoms with Gasteiger partial charge in [-0.05, 0) is 36.1 Å². The molecule has 4 aromatic rings. The quantitative estimate of drug-likeness (QED) is 0.276. The van der Waals surface area contributed by atoms with E-state index in [-0.39, 0.29) is 17.2 Å². The highest BCUT2D eigenvalue weighted by Gasteiger charge is 2.18. The summed E-state index contributed by atoms with van der Waals surface area (Å²) in [5.74, 6) is 0.458. The highest BCUT2D eigenvalue weighted by molar-refractivity contribution is 7.99. The standard InChI is InChI=1S/C23H23ClN4O2S2/c1-14(2)9-11-28-22(30)20-19(16-7-5-10-25-21(16)32-20)27-23(28)31-13-18(29)26-12-15-6-3-4-8-17(15)24/h3-8,10,14H,9,11-13H2,1-2H3,(H,26,29). The molecule has 6 nitrogen and oxygen atoms in total. The van der Waals surface area contributed by atoms with Crippen molar-refractivity contribution in [2.75, 3.05) is 5.75 Å². The molecule has 1 amide bonds. The summed E-state index contributed by atoms with van der Waals surface area (Å²) < 4.78 is 2.30. The van der Waals surface area contributed by atoms with E-state index in [0.29, 0.717) is 39.4 Å². The summed E-state index contributed by atoms with van der Waals surface area (Å²) in [5, 5.41) is 4.93. The number of fused-ring (bicyclic) bond motifs is 3. The Kier molecular flexibility index (Phi) is 7.13. The number of benzene rings is 1. The van der Waals surface area contributed by atoms with Gasteiger partial charge in [-0.3, -0.25) is 14.2 Å². The van der Waals surface area contributed by atoms with Crippen LogP contribution in [-0.2, 0) is 17.9 Å². The molecule has 0 fully saturated rings. The van der Waals surface area contributed by atoms with Crippen molar-refractivity contribution in [3.63, 3.8) is 0 Å². The summed E-state index contributed by atoms with van der Waals surface area (Å²) >= 11 is 8.81. The molecule has 0 spiro atoms. The summed E-state index contributed by atoms with van der Waals surface area (Å²) in [6, 6.07) is 11.2. The van der Waals surface area contributed by atoms with E-state index >= 15 is 0 Å². The number of hydrogen-bond donors (Lipinski definition) is 1. The van der Waals surface area contributed by atoms with E-state index in [0.717, 1.165) is 22.2 Å². The molecule has 166 valence electrons. The van der Waals surface area contributed by atoms with Crippen molar-refractivity contribution >= 4 is 61.0 Å². The van der Waals surface area contributed by atoms with Crippen LogP contribution < -0.4 is 10.9 Å². The first-order valence-electron chi connectivity index (χ1n) is 10.3. The normalized spacial score (nSPS) is 11.5. The predicted molar refractivity (Wildman–Crippen MR) is 133 cm³/mol. The molecule has 32 heavy (non-hydrogen) atoms. The maximum Gasteiger partial charge on any atom is 0.272 e. The average Bonchev–Trinajstić information content (AvgIpc) is 3.15. The van der Waals surface area contributed by atoms with Crippen molar-refractivity contribution in [1.29, 1.82) is 0 Å². The van der Waals surface area contributed by atoms with Gasteiger partial charge in [-0.1, -0.05) is 55.4 Å². The fraction of sp³-hybridized carbons (Fsp3) is 0.304. The van der Waals surface area contributed by atoms with Crippen molar-refractivity contribution < 1.29 is 4.79 Å². The van der Waals surface area contributed by atoms with Gasteiger partial charge in [-0.2, -0.15) is 0 Å². The first-order chi connectivity index (χ1) is 15.4. The molecule has 9 heteroatoms. The van der Waals surface area contributed by atoms with E-state index in [1.54, 1.807) is 16.8 Å². The Morgan fingerprint density at radius 3 is 2.84 bits per heavy atom. The lowest BCUT2D eigenvalue weighted by molar-refractivity contribution is -0.118. The van der Waals surface area contributed by atoms with Gasteiger partial charge in [0.1, 0.15) is 9.53 Å². The third-order valence-electron chi connectivity index (χ3n) is 5.01. The third kappa shape index (κ3) is 4.98. The molecule has 3 aromatic heterocycles. The van der Waals surface area contributed by atoms with E-state index in [1.807, 2.05) is 30.3 Å². The molecule has 0 aliphatic heterocycles. The predicted octanol–water partition coefficient (Wildman–Crippen LogP) is 5.11. The molecule has 1 N–H and O–H groups in total. The number of carbonyl (C=O) groups excluding carboxylic acids is 1. The zero-order chi connectivity index (χ0) is 22.7. The zero-order valence-corrected chi connectivity index (χ0v) is 20.2. The largest absolute Gasteiger partial charge is 0.351 e. The lowest BCUT2D eigenvalue weighted by Gasteiger charge is -2.13. The number of carbonyl (C=O) groups is 1. The minimum atomic E-state index is -0.142. The Labute approximate surface area is 199 Å². The van der Waals surface area contributed by atoms with Crippen LogP contribution in [0.15, 0.2) is 52.5 Å². The smallest absolute Gasteiger partial charge is 0.272 e. The molecule has 3 heterocycles. The van der Waals surface area contributed by atoms with Gasteiger partial charge in [0.05, 0.1) is 11.3 Å². The minimum Gasteiger partial charge on any atom is -0.351 e. The van der Waals surface area contributed by atoms with Gasteiger partial charge in [0, 0.05) is 29.7 Å². The summed E-state index contributed by atoms with van der Waals surface area (Å²) in [6.07, 6.45) is 2.57. The summed E-state index contributed by atoms with van der Waals surface area (Å²) in [5.41, 5.74) is 1.44. The van der Waals surface area contributed by atoms with Crippen LogP contribution in [0.25, 0.3) is 20.4 Å². The number of halogens is 1. The fourth-order valence-corrected chi connectivity index (χ4v) is 5.33. The van der Waals surface area contributed by atoms with Gasteiger partial charge < -0.3 is 5.32 Å². The molecular formula is C23H23ClN4O2S2. The van der Waals surface area contributed by atoms with E-state index in [1.165, 1.54) is 23.1 Å². The highest BCUT2D eigenvalue weighted by atomic mass is 35.5. The topological polar surface area (TPSA) is 76.9 Å². The number of thioether (sulfide) groups is 1. The van der Waals surface area contributed by atoms with E-state index in [4.69, 9.17) is 16.6 Å². The molecule has 0 atom stereocenters. The Morgan fingerprint density at radius 2 is 2.06 bits per heavy atom. The fourth-order valence-electron chi connectivity index (χ4n) is 3.25. The van der Waals surface area contributed by atoms with Gasteiger partial charge in [0.15, 0.2) is 5.16 Å². The average molecular weight is 487 g/mol. The van der Waals surface area contributed by atoms with Crippen molar-refractivity contribution in [2.45, 2.75) is 38.5 Å². The minimum absolute atomic E-state index is 0.0716. The van der Waals surface area contributed by atoms with E-state index in [9.17, 15) is 9.59 Å². The molecule has 0 radical (unpaired) electrons. The number of pyridine rings is 1. The number of hydrogen-bond acceptors (Lipinski definition) is 6. The molecule has 4 rings (SSSR count). The Morgan fingerprint density at radius 1 is 1.25 bits per heavy atom. The number of nitrogens with one attached hydrogen (secondary N) is 1. The second-order valence-electron chi connectivity index (χ2n) is 7.83. The van der Waals surface area contributed by atoms with Crippen molar-refractivity contribution in [3.8, 4) is 0 Å². The molecule has 0 saturated carbocycles. The number of rotatable bonds is 8. The van der Waals surface area contributed by atoms with Crippen LogP contribution in [0.2, 0.25) is 5.02 Å². The van der Waals surface area contributed by atoms with Crippen LogP contribution in [0.4, 0.5) is 0 Å². The Balaban J connectivity index is 1.58. The number of thiophene rings is 1. The van der Waals surface area contributed by atoms with E-state index < -0.39 is 0 Å². The van der Waals surface area contributed by atoms with Gasteiger partial charge in [-0.15, -0.1) is 11.3 Å². The first-order valence-corrected chi connectivity index (χ1v) is 12.5. The maximum atomic E-state index is 13.3. The maximum absolute atomic E-state index is 13.3. The van der Waals surface area contributed by atoms with Crippen LogP contribution in [0.1, 0.15) is 25.8 Å². The van der Waals surface area contributed by atoms with Crippen LogP contribution in [0.3, 0.4) is 0 Å². The second kappa shape index (κ2) is 10.0. The van der Waals surface area contributed by atoms with Gasteiger partial charge in [0.2, 0.25) is 5.91 Å². The van der Waals surface area contributed by atoms with Crippen LogP contribution in [-0.4, -0.2) is 26.2 Å².